The van der Waals surface area contributed by atoms with Crippen LogP contribution in [0.5, 0.6) is 0 Å². The molecule has 1 aliphatic rings. The van der Waals surface area contributed by atoms with E-state index in [1.54, 1.807) is 11.8 Å². The second kappa shape index (κ2) is 5.92. The number of hydrogen-bond acceptors (Lipinski definition) is 3. The van der Waals surface area contributed by atoms with Crippen LogP contribution in [0.3, 0.4) is 0 Å². The van der Waals surface area contributed by atoms with Gasteiger partial charge in [-0.25, -0.2) is 0 Å². The lowest BCUT2D eigenvalue weighted by molar-refractivity contribution is -0.127. The summed E-state index contributed by atoms with van der Waals surface area (Å²) in [6, 6.07) is 5.79. The van der Waals surface area contributed by atoms with E-state index in [9.17, 15) is 9.90 Å². The average Bonchev–Trinajstić information content (AvgIpc) is 2.51. The summed E-state index contributed by atoms with van der Waals surface area (Å²) in [7, 11) is 1.84. The van der Waals surface area contributed by atoms with Gasteiger partial charge < -0.3 is 14.9 Å². The summed E-state index contributed by atoms with van der Waals surface area (Å²) in [5, 5.41) is 9.88. The van der Waals surface area contributed by atoms with E-state index in [-0.39, 0.29) is 5.91 Å². The van der Waals surface area contributed by atoms with Crippen molar-refractivity contribution < 1.29 is 9.90 Å². The van der Waals surface area contributed by atoms with Crippen molar-refractivity contribution in [3.63, 3.8) is 0 Å². The van der Waals surface area contributed by atoms with E-state index >= 15 is 0 Å². The maximum Gasteiger partial charge on any atom is 0.241 e. The first-order chi connectivity index (χ1) is 8.99. The minimum absolute atomic E-state index is 0.119. The molecule has 1 fully saturated rings. The number of benzene rings is 1. The largest absolute Gasteiger partial charge is 0.389 e. The molecule has 4 nitrogen and oxygen atoms in total. The molecule has 1 atom stereocenters. The van der Waals surface area contributed by atoms with Gasteiger partial charge in [-0.05, 0) is 25.5 Å². The monoisotopic (exact) mass is 326 g/mol. The molecule has 1 aromatic rings. The normalized spacial score (nSPS) is 18.4. The number of halogens is 1. The zero-order chi connectivity index (χ0) is 14.0. The number of rotatable bonds is 2. The van der Waals surface area contributed by atoms with Crippen LogP contribution in [0.15, 0.2) is 22.7 Å². The molecule has 0 bridgehead atoms. The zero-order valence-electron chi connectivity index (χ0n) is 11.3. The van der Waals surface area contributed by atoms with E-state index in [4.69, 9.17) is 0 Å². The second-order valence-electron chi connectivity index (χ2n) is 4.97. The van der Waals surface area contributed by atoms with Gasteiger partial charge in [0.2, 0.25) is 5.91 Å². The summed E-state index contributed by atoms with van der Waals surface area (Å²) >= 11 is 3.45. The predicted octanol–water partition coefficient (Wildman–Crippen LogP) is 2.17. The van der Waals surface area contributed by atoms with Crippen molar-refractivity contribution in [1.82, 2.24) is 4.90 Å². The van der Waals surface area contributed by atoms with E-state index in [0.717, 1.165) is 35.2 Å². The average molecular weight is 327 g/mol. The Morgan fingerprint density at radius 1 is 1.37 bits per heavy atom. The van der Waals surface area contributed by atoms with Gasteiger partial charge in [0.05, 0.1) is 12.6 Å². The molecule has 0 saturated carbocycles. The number of amides is 1. The van der Waals surface area contributed by atoms with E-state index in [0.29, 0.717) is 6.54 Å². The Kier molecular flexibility index (Phi) is 4.47. The van der Waals surface area contributed by atoms with Crippen LogP contribution in [-0.4, -0.2) is 42.6 Å². The molecule has 1 aliphatic heterocycles. The Labute approximate surface area is 122 Å². The highest BCUT2D eigenvalue weighted by atomic mass is 79.9. The predicted molar refractivity (Wildman–Crippen MR) is 79.2 cm³/mol. The fourth-order valence-corrected chi connectivity index (χ4v) is 2.69. The van der Waals surface area contributed by atoms with E-state index < -0.39 is 6.10 Å². The first kappa shape index (κ1) is 14.3. The van der Waals surface area contributed by atoms with Crippen LogP contribution in [0, 0.1) is 0 Å². The van der Waals surface area contributed by atoms with Gasteiger partial charge in [0.25, 0.3) is 0 Å². The Balaban J connectivity index is 2.34. The minimum Gasteiger partial charge on any atom is -0.389 e. The standard InChI is InChI=1S/C14H19BrN2O2/c1-10(18)12-5-4-11(15)8-13(12)17-7-3-6-16(2)14(19)9-17/h4-5,8,10,18H,3,6-7,9H2,1-2H3. The van der Waals surface area contributed by atoms with Gasteiger partial charge in [0.15, 0.2) is 0 Å². The molecule has 5 heteroatoms. The fraction of sp³-hybridized carbons (Fsp3) is 0.500. The lowest BCUT2D eigenvalue weighted by Crippen LogP contribution is -2.34. The van der Waals surface area contributed by atoms with Gasteiger partial charge in [0, 0.05) is 35.9 Å². The van der Waals surface area contributed by atoms with Crippen molar-refractivity contribution in [2.75, 3.05) is 31.6 Å². The van der Waals surface area contributed by atoms with Crippen LogP contribution < -0.4 is 4.90 Å². The highest BCUT2D eigenvalue weighted by Gasteiger charge is 2.22. The summed E-state index contributed by atoms with van der Waals surface area (Å²) in [4.78, 5) is 15.8. The lowest BCUT2D eigenvalue weighted by Gasteiger charge is -2.26. The van der Waals surface area contributed by atoms with Gasteiger partial charge in [-0.3, -0.25) is 4.79 Å². The molecule has 1 heterocycles. The number of aliphatic hydroxyl groups is 1. The summed E-state index contributed by atoms with van der Waals surface area (Å²) in [6.45, 7) is 3.73. The molecule has 1 amide bonds. The van der Waals surface area contributed by atoms with E-state index in [1.165, 1.54) is 0 Å². The number of carbonyl (C=O) groups is 1. The highest BCUT2D eigenvalue weighted by Crippen LogP contribution is 2.30. The van der Waals surface area contributed by atoms with Crippen molar-refractivity contribution in [3.05, 3.63) is 28.2 Å². The number of likely N-dealkylation sites (N-methyl/N-ethyl adjacent to an activating group) is 1. The van der Waals surface area contributed by atoms with Crippen LogP contribution in [0.1, 0.15) is 25.0 Å². The quantitative estimate of drug-likeness (QED) is 0.905. The van der Waals surface area contributed by atoms with Gasteiger partial charge in [-0.2, -0.15) is 0 Å². The van der Waals surface area contributed by atoms with E-state index in [2.05, 4.69) is 20.8 Å². The second-order valence-corrected chi connectivity index (χ2v) is 5.89. The highest BCUT2D eigenvalue weighted by molar-refractivity contribution is 9.10. The summed E-state index contributed by atoms with van der Waals surface area (Å²) < 4.78 is 0.956. The molecule has 0 aromatic heterocycles. The Hall–Kier alpha value is -1.07. The molecule has 1 N–H and O–H groups in total. The SMILES string of the molecule is CC(O)c1ccc(Br)cc1N1CCCN(C)C(=O)C1. The summed E-state index contributed by atoms with van der Waals surface area (Å²) in [5.74, 6) is 0.119. The van der Waals surface area contributed by atoms with Crippen LogP contribution in [-0.2, 0) is 4.79 Å². The van der Waals surface area contributed by atoms with Gasteiger partial charge in [-0.1, -0.05) is 22.0 Å². The molecular weight excluding hydrogens is 308 g/mol. The first-order valence-electron chi connectivity index (χ1n) is 6.45. The molecule has 1 saturated heterocycles. The first-order valence-corrected chi connectivity index (χ1v) is 7.25. The van der Waals surface area contributed by atoms with Crippen molar-refractivity contribution in [2.24, 2.45) is 0 Å². The molecule has 104 valence electrons. The molecule has 19 heavy (non-hydrogen) atoms. The maximum atomic E-state index is 12.0. The van der Waals surface area contributed by atoms with Crippen LogP contribution in [0.2, 0.25) is 0 Å². The molecule has 2 rings (SSSR count). The number of nitrogens with zero attached hydrogens (tertiary/aromatic N) is 2. The van der Waals surface area contributed by atoms with Crippen molar-refractivity contribution in [3.8, 4) is 0 Å². The van der Waals surface area contributed by atoms with Gasteiger partial charge >= 0.3 is 0 Å². The summed E-state index contributed by atoms with van der Waals surface area (Å²) in [6.07, 6.45) is 0.396. The Morgan fingerprint density at radius 3 is 2.79 bits per heavy atom. The van der Waals surface area contributed by atoms with Crippen LogP contribution >= 0.6 is 15.9 Å². The van der Waals surface area contributed by atoms with Crippen molar-refractivity contribution in [2.45, 2.75) is 19.4 Å². The molecule has 1 aromatic carbocycles. The number of aliphatic hydroxyl groups excluding tert-OH is 1. The molecular formula is C14H19BrN2O2. The summed E-state index contributed by atoms with van der Waals surface area (Å²) in [5.41, 5.74) is 1.80. The molecule has 0 spiro atoms. The fourth-order valence-electron chi connectivity index (χ4n) is 2.34. The lowest BCUT2D eigenvalue weighted by atomic mass is 10.1. The maximum absolute atomic E-state index is 12.0. The Bertz CT molecular complexity index is 477. The number of hydrogen-bond donors (Lipinski definition) is 1. The number of anilines is 1. The van der Waals surface area contributed by atoms with Crippen molar-refractivity contribution >= 4 is 27.5 Å². The number of carbonyl (C=O) groups excluding carboxylic acids is 1. The third kappa shape index (κ3) is 3.28. The van der Waals surface area contributed by atoms with Crippen LogP contribution in [0.25, 0.3) is 0 Å². The third-order valence-electron chi connectivity index (χ3n) is 3.46. The Morgan fingerprint density at radius 2 is 2.11 bits per heavy atom. The van der Waals surface area contributed by atoms with E-state index in [1.807, 2.05) is 25.2 Å². The molecule has 0 aliphatic carbocycles. The molecule has 0 radical (unpaired) electrons. The van der Waals surface area contributed by atoms with Crippen LogP contribution in [0.4, 0.5) is 5.69 Å². The van der Waals surface area contributed by atoms with Gasteiger partial charge in [-0.15, -0.1) is 0 Å². The minimum atomic E-state index is -0.542. The zero-order valence-corrected chi connectivity index (χ0v) is 12.9. The van der Waals surface area contributed by atoms with Crippen molar-refractivity contribution in [1.29, 1.82) is 0 Å². The molecule has 1 unspecified atom stereocenters. The third-order valence-corrected chi connectivity index (χ3v) is 3.95. The smallest absolute Gasteiger partial charge is 0.241 e. The van der Waals surface area contributed by atoms with Gasteiger partial charge in [0.1, 0.15) is 0 Å². The topological polar surface area (TPSA) is 43.8 Å².